The Hall–Kier alpha value is -1.94. The van der Waals surface area contributed by atoms with E-state index in [1.807, 2.05) is 65.8 Å². The zero-order valence-electron chi connectivity index (χ0n) is 23.8. The summed E-state index contributed by atoms with van der Waals surface area (Å²) in [5.41, 5.74) is 2.45. The monoisotopic (exact) mass is 598 g/mol. The molecule has 0 saturated heterocycles. The second kappa shape index (κ2) is 23.2. The number of aryl methyl sites for hydroxylation is 1. The average molecular weight is 598 g/mol. The fraction of sp³-hybridized carbons (Fsp3) is 0.516. The van der Waals surface area contributed by atoms with E-state index in [0.29, 0.717) is 18.1 Å². The number of benzene rings is 2. The van der Waals surface area contributed by atoms with Crippen molar-refractivity contribution in [2.45, 2.75) is 80.1 Å². The van der Waals surface area contributed by atoms with Gasteiger partial charge < -0.3 is 14.7 Å². The van der Waals surface area contributed by atoms with Crippen molar-refractivity contribution in [3.63, 3.8) is 0 Å². The van der Waals surface area contributed by atoms with Gasteiger partial charge in [0.2, 0.25) is 0 Å². The number of aromatic carboxylic acids is 1. The molecule has 0 saturated carbocycles. The van der Waals surface area contributed by atoms with Crippen LogP contribution in [0.15, 0.2) is 55.1 Å². The molecular weight excluding hydrogens is 549 g/mol. The van der Waals surface area contributed by atoms with Crippen molar-refractivity contribution in [3.8, 4) is 5.75 Å². The summed E-state index contributed by atoms with van der Waals surface area (Å²) in [4.78, 5) is 13.8. The van der Waals surface area contributed by atoms with Gasteiger partial charge in [-0.3, -0.25) is 0 Å². The van der Waals surface area contributed by atoms with Gasteiger partial charge in [-0.25, -0.2) is 4.79 Å². The predicted molar refractivity (Wildman–Crippen MR) is 164 cm³/mol. The minimum absolute atomic E-state index is 0. The number of unbranched alkanes of at least 4 members (excludes halogenated alkanes) is 2. The van der Waals surface area contributed by atoms with Gasteiger partial charge in [-0.2, -0.15) is 0 Å². The number of hydrogen-bond donors (Lipinski definition) is 1. The van der Waals surface area contributed by atoms with Gasteiger partial charge in [0.25, 0.3) is 0 Å². The molecule has 6 heteroatoms. The van der Waals surface area contributed by atoms with Gasteiger partial charge in [0, 0.05) is 24.0 Å². The molecule has 0 amide bonds. The first-order valence-corrected chi connectivity index (χ1v) is 14.0. The third-order valence-corrected chi connectivity index (χ3v) is 5.79. The molecular formula is C31H49ClNO3Se. The second-order valence-electron chi connectivity index (χ2n) is 7.92. The number of fused-ring (bicyclic) bond motifs is 1. The van der Waals surface area contributed by atoms with Crippen molar-refractivity contribution >= 4 is 40.3 Å². The summed E-state index contributed by atoms with van der Waals surface area (Å²) in [6.07, 6.45) is 8.17. The summed E-state index contributed by atoms with van der Waals surface area (Å²) in [6.45, 7) is 18.2. The van der Waals surface area contributed by atoms with Gasteiger partial charge in [-0.1, -0.05) is 71.4 Å². The SMILES string of the molecule is C=CCCCCN1CC(CCCc2cccc(Cl)c2)COc2ccc(C(=O)O)cc21.CC.CC.CC.[SeH]. The van der Waals surface area contributed by atoms with Gasteiger partial charge >= 0.3 is 23.0 Å². The first kappa shape index (κ1) is 37.2. The topological polar surface area (TPSA) is 49.8 Å². The molecule has 1 N–H and O–H groups in total. The Kier molecular flexibility index (Phi) is 23.3. The van der Waals surface area contributed by atoms with Crippen molar-refractivity contribution < 1.29 is 14.6 Å². The van der Waals surface area contributed by atoms with Gasteiger partial charge in [0.15, 0.2) is 0 Å². The van der Waals surface area contributed by atoms with Crippen molar-refractivity contribution in [1.82, 2.24) is 0 Å². The van der Waals surface area contributed by atoms with Crippen molar-refractivity contribution in [2.24, 2.45) is 5.92 Å². The van der Waals surface area contributed by atoms with Crippen molar-refractivity contribution in [2.75, 3.05) is 24.6 Å². The van der Waals surface area contributed by atoms with Crippen LogP contribution in [0.4, 0.5) is 5.69 Å². The quantitative estimate of drug-likeness (QED) is 0.169. The van der Waals surface area contributed by atoms with E-state index in [2.05, 4.69) is 17.5 Å². The Labute approximate surface area is 241 Å². The molecule has 0 bridgehead atoms. The molecule has 0 aliphatic carbocycles. The summed E-state index contributed by atoms with van der Waals surface area (Å²) in [5, 5.41) is 10.2. The maximum atomic E-state index is 11.5. The van der Waals surface area contributed by atoms with Crippen LogP contribution in [0.1, 0.15) is 89.6 Å². The Bertz CT molecular complexity index is 875. The van der Waals surface area contributed by atoms with Crippen LogP contribution in [-0.4, -0.2) is 47.8 Å². The molecule has 3 rings (SSSR count). The van der Waals surface area contributed by atoms with Gasteiger partial charge in [-0.05, 0) is 74.4 Å². The number of carboxylic acid groups (broad SMARTS) is 1. The van der Waals surface area contributed by atoms with Crippen LogP contribution in [0.2, 0.25) is 5.02 Å². The number of ether oxygens (including phenoxy) is 1. The molecule has 209 valence electrons. The normalized spacial score (nSPS) is 13.3. The maximum absolute atomic E-state index is 11.5. The fourth-order valence-electron chi connectivity index (χ4n) is 3.95. The van der Waals surface area contributed by atoms with Crippen LogP contribution in [0.5, 0.6) is 5.75 Å². The summed E-state index contributed by atoms with van der Waals surface area (Å²) in [7, 11) is 0. The molecule has 37 heavy (non-hydrogen) atoms. The van der Waals surface area contributed by atoms with E-state index < -0.39 is 5.97 Å². The van der Waals surface area contributed by atoms with Crippen LogP contribution in [0.25, 0.3) is 0 Å². The summed E-state index contributed by atoms with van der Waals surface area (Å²) >= 11 is 6.10. The third kappa shape index (κ3) is 14.0. The van der Waals surface area contributed by atoms with Crippen LogP contribution in [0.3, 0.4) is 0 Å². The number of nitrogens with zero attached hydrogens (tertiary/aromatic N) is 1. The van der Waals surface area contributed by atoms with E-state index in [0.717, 1.165) is 68.1 Å². The molecule has 1 heterocycles. The molecule has 0 fully saturated rings. The third-order valence-electron chi connectivity index (χ3n) is 5.55. The number of anilines is 1. The number of rotatable bonds is 10. The first-order valence-electron chi connectivity index (χ1n) is 13.7. The van der Waals surface area contributed by atoms with Crippen molar-refractivity contribution in [1.29, 1.82) is 0 Å². The van der Waals surface area contributed by atoms with Crippen LogP contribution in [-0.2, 0) is 6.42 Å². The van der Waals surface area contributed by atoms with Crippen LogP contribution >= 0.6 is 11.6 Å². The number of halogens is 1. The first-order chi connectivity index (χ1) is 17.6. The Morgan fingerprint density at radius 2 is 1.78 bits per heavy atom. The summed E-state index contributed by atoms with van der Waals surface area (Å²) < 4.78 is 6.10. The molecule has 2 aromatic carbocycles. The minimum atomic E-state index is -0.910. The summed E-state index contributed by atoms with van der Waals surface area (Å²) in [6, 6.07) is 13.2. The van der Waals surface area contributed by atoms with E-state index in [1.54, 1.807) is 18.2 Å². The van der Waals surface area contributed by atoms with E-state index in [-0.39, 0.29) is 17.1 Å². The molecule has 0 aromatic heterocycles. The molecule has 1 unspecified atom stereocenters. The van der Waals surface area contributed by atoms with E-state index in [9.17, 15) is 9.90 Å². The second-order valence-corrected chi connectivity index (χ2v) is 8.35. The Balaban J connectivity index is 0. The predicted octanol–water partition coefficient (Wildman–Crippen LogP) is 8.66. The molecule has 1 radical (unpaired) electrons. The molecule has 2 aromatic rings. The number of carbonyl (C=O) groups is 1. The molecule has 1 aliphatic rings. The van der Waals surface area contributed by atoms with Crippen LogP contribution in [0, 0.1) is 5.92 Å². The number of allylic oxidation sites excluding steroid dienone is 1. The molecule has 1 aliphatic heterocycles. The van der Waals surface area contributed by atoms with E-state index >= 15 is 0 Å². The molecule has 1 atom stereocenters. The summed E-state index contributed by atoms with van der Waals surface area (Å²) in [5.74, 6) is 0.261. The van der Waals surface area contributed by atoms with Gasteiger partial charge in [-0.15, -0.1) is 6.58 Å². The Morgan fingerprint density at radius 3 is 2.41 bits per heavy atom. The number of hydrogen-bond acceptors (Lipinski definition) is 3. The van der Waals surface area contributed by atoms with Crippen LogP contribution < -0.4 is 9.64 Å². The molecule has 0 spiro atoms. The zero-order valence-corrected chi connectivity index (χ0v) is 26.4. The molecule has 4 nitrogen and oxygen atoms in total. The fourth-order valence-corrected chi connectivity index (χ4v) is 4.17. The zero-order chi connectivity index (χ0) is 27.3. The van der Waals surface area contributed by atoms with Gasteiger partial charge in [0.1, 0.15) is 5.75 Å². The Morgan fingerprint density at radius 1 is 1.08 bits per heavy atom. The van der Waals surface area contributed by atoms with Crippen molar-refractivity contribution in [3.05, 3.63) is 71.3 Å². The number of carboxylic acids is 1. The standard InChI is InChI=1S/C25H30ClNO3.3C2H6.HSe/c1-2-3-4-5-14-27-17-20(10-6-8-19-9-7-11-22(26)15-19)18-30-24-13-12-21(25(28)29)16-23(24)27;3*1-2;/h2,7,9,11-13,15-16,20H,1,3-6,8,10,14,17-18H2,(H,28,29);3*1-2H3;1H. The van der Waals surface area contributed by atoms with E-state index in [4.69, 9.17) is 16.3 Å². The van der Waals surface area contributed by atoms with E-state index in [1.165, 1.54) is 5.56 Å². The van der Waals surface area contributed by atoms with Gasteiger partial charge in [0.05, 0.1) is 17.9 Å². The average Bonchev–Trinajstić information content (AvgIpc) is 3.09.